The van der Waals surface area contributed by atoms with Crippen LogP contribution >= 0.6 is 0 Å². The molecule has 3 aromatic rings. The number of ether oxygens (including phenoxy) is 2. The average molecular weight is 617 g/mol. The number of methoxy groups -OCH3 is 1. The summed E-state index contributed by atoms with van der Waals surface area (Å²) in [7, 11) is 4.30. The van der Waals surface area contributed by atoms with Crippen LogP contribution in [0.15, 0.2) is 47.4 Å². The van der Waals surface area contributed by atoms with Gasteiger partial charge in [-0.2, -0.15) is 0 Å². The fourth-order valence-electron chi connectivity index (χ4n) is 3.93. The molecular weight excluding hydrogens is 582 g/mol. The Hall–Kier alpha value is -5.08. The lowest BCUT2D eigenvalue weighted by Gasteiger charge is -2.20. The Morgan fingerprint density at radius 2 is 1.82 bits per heavy atom. The van der Waals surface area contributed by atoms with Gasteiger partial charge in [0.2, 0.25) is 11.8 Å². The van der Waals surface area contributed by atoms with Crippen LogP contribution in [-0.4, -0.2) is 75.9 Å². The van der Waals surface area contributed by atoms with Crippen LogP contribution in [0.25, 0.3) is 11.0 Å². The summed E-state index contributed by atoms with van der Waals surface area (Å²) in [5.74, 6) is -3.42. The number of carbonyl (C=O) groups is 4. The number of halogens is 2. The van der Waals surface area contributed by atoms with Crippen molar-refractivity contribution in [2.75, 3.05) is 26.5 Å². The second-order valence-electron chi connectivity index (χ2n) is 10.8. The number of likely N-dealkylation sites (N-methyl/N-ethyl adjacent to an activating group) is 1. The summed E-state index contributed by atoms with van der Waals surface area (Å²) < 4.78 is 40.2. The van der Waals surface area contributed by atoms with Crippen LogP contribution in [0.2, 0.25) is 0 Å². The molecule has 44 heavy (non-hydrogen) atoms. The first-order valence-corrected chi connectivity index (χ1v) is 13.4. The van der Waals surface area contributed by atoms with Gasteiger partial charge in [0.25, 0.3) is 5.56 Å². The molecule has 2 heterocycles. The van der Waals surface area contributed by atoms with Crippen molar-refractivity contribution in [2.45, 2.75) is 51.8 Å². The molecule has 0 saturated carbocycles. The summed E-state index contributed by atoms with van der Waals surface area (Å²) in [6.07, 6.45) is 2.76. The van der Waals surface area contributed by atoms with Crippen LogP contribution in [0.1, 0.15) is 39.4 Å². The maximum absolute atomic E-state index is 14.1. The summed E-state index contributed by atoms with van der Waals surface area (Å²) in [5, 5.41) is 4.88. The molecule has 0 aliphatic heterocycles. The van der Waals surface area contributed by atoms with Crippen LogP contribution in [0.5, 0.6) is 0 Å². The number of nitrogens with zero attached hydrogens (tertiary/aromatic N) is 4. The van der Waals surface area contributed by atoms with Gasteiger partial charge in [-0.05, 0) is 51.8 Å². The maximum Gasteiger partial charge on any atom is 0.420 e. The number of alkyl carbamates (subject to hydrolysis) is 1. The first-order valence-electron chi connectivity index (χ1n) is 13.4. The molecular formula is C29H34F2N6O7. The van der Waals surface area contributed by atoms with Crippen molar-refractivity contribution in [3.63, 3.8) is 0 Å². The van der Waals surface area contributed by atoms with Gasteiger partial charge in [0, 0.05) is 32.4 Å². The standard InChI is InChI=1S/C29H34F2N6O7/c1-29(2,3)44-28(42)37-22-15-18(31)17(30)14-21(22)32-23(37)16-36-13-9-11-20(26(36)40)33-25(39)19(34-27(41)43-6)10-7-8-12-24(38)35(4)5/h8-9,11-15,19H,7,10,16H2,1-6H3,(H,33,39)(H,34,41)/b12-8+/t19-/m0/s1. The monoisotopic (exact) mass is 616 g/mol. The predicted octanol–water partition coefficient (Wildman–Crippen LogP) is 3.40. The Bertz CT molecular complexity index is 1660. The van der Waals surface area contributed by atoms with E-state index in [9.17, 15) is 32.8 Å². The van der Waals surface area contributed by atoms with Gasteiger partial charge in [-0.3, -0.25) is 14.4 Å². The van der Waals surface area contributed by atoms with Crippen LogP contribution in [0.4, 0.5) is 24.1 Å². The van der Waals surface area contributed by atoms with E-state index >= 15 is 0 Å². The van der Waals surface area contributed by atoms with Crippen molar-refractivity contribution >= 4 is 40.7 Å². The summed E-state index contributed by atoms with van der Waals surface area (Å²) in [4.78, 5) is 68.8. The first-order chi connectivity index (χ1) is 20.6. The zero-order chi connectivity index (χ0) is 32.8. The molecule has 0 fully saturated rings. The molecule has 0 aliphatic rings. The highest BCUT2D eigenvalue weighted by Crippen LogP contribution is 2.22. The Kier molecular flexibility index (Phi) is 10.6. The molecule has 0 unspecified atom stereocenters. The van der Waals surface area contributed by atoms with Crippen LogP contribution in [-0.2, 0) is 25.6 Å². The van der Waals surface area contributed by atoms with Crippen molar-refractivity contribution in [2.24, 2.45) is 0 Å². The summed E-state index contributed by atoms with van der Waals surface area (Å²) in [5.41, 5.74) is -1.90. The minimum Gasteiger partial charge on any atom is -0.453 e. The highest BCUT2D eigenvalue weighted by molar-refractivity contribution is 5.96. The SMILES string of the molecule is COC(=O)N[C@@H](CC/C=C/C(=O)N(C)C)C(=O)Nc1cccn(Cc2nc3cc(F)c(F)cc3n2C(=O)OC(C)(C)C)c1=O. The lowest BCUT2D eigenvalue weighted by molar-refractivity contribution is -0.123. The van der Waals surface area contributed by atoms with Crippen molar-refractivity contribution in [1.82, 2.24) is 24.3 Å². The van der Waals surface area contributed by atoms with E-state index in [0.29, 0.717) is 0 Å². The van der Waals surface area contributed by atoms with Gasteiger partial charge >= 0.3 is 12.2 Å². The Morgan fingerprint density at radius 1 is 1.14 bits per heavy atom. The van der Waals surface area contributed by atoms with Crippen molar-refractivity contribution < 1.29 is 37.4 Å². The van der Waals surface area contributed by atoms with E-state index in [1.54, 1.807) is 40.9 Å². The summed E-state index contributed by atoms with van der Waals surface area (Å²) in [6, 6.07) is 3.30. The van der Waals surface area contributed by atoms with E-state index in [0.717, 1.165) is 28.4 Å². The second-order valence-corrected chi connectivity index (χ2v) is 10.8. The fraction of sp³-hybridized carbons (Fsp3) is 0.379. The number of imidazole rings is 1. The van der Waals surface area contributed by atoms with Crippen LogP contribution in [0, 0.1) is 11.6 Å². The number of pyridine rings is 1. The van der Waals surface area contributed by atoms with Crippen molar-refractivity contribution in [3.8, 4) is 0 Å². The summed E-state index contributed by atoms with van der Waals surface area (Å²) in [6.45, 7) is 4.54. The quantitative estimate of drug-likeness (QED) is 0.347. The van der Waals surface area contributed by atoms with E-state index in [4.69, 9.17) is 4.74 Å². The number of allylic oxidation sites excluding steroid dienone is 1. The number of aromatic nitrogens is 3. The molecule has 1 aromatic carbocycles. The second kappa shape index (κ2) is 13.9. The van der Waals surface area contributed by atoms with Crippen molar-refractivity contribution in [3.05, 3.63) is 70.4 Å². The number of nitrogens with one attached hydrogen (secondary N) is 2. The lowest BCUT2D eigenvalue weighted by atomic mass is 10.1. The number of benzene rings is 1. The molecule has 236 valence electrons. The predicted molar refractivity (Wildman–Crippen MR) is 156 cm³/mol. The number of amides is 3. The maximum atomic E-state index is 14.1. The minimum atomic E-state index is -1.20. The Labute approximate surface area is 251 Å². The fourth-order valence-corrected chi connectivity index (χ4v) is 3.93. The van der Waals surface area contributed by atoms with Crippen molar-refractivity contribution in [1.29, 1.82) is 0 Å². The van der Waals surface area contributed by atoms with E-state index < -0.39 is 46.9 Å². The zero-order valence-electron chi connectivity index (χ0n) is 25.1. The molecule has 1 atom stereocenters. The number of hydrogen-bond donors (Lipinski definition) is 2. The third kappa shape index (κ3) is 8.49. The number of rotatable bonds is 9. The molecule has 0 radical (unpaired) electrons. The van der Waals surface area contributed by atoms with Gasteiger partial charge in [0.15, 0.2) is 11.6 Å². The molecule has 0 saturated heterocycles. The number of hydrogen-bond acceptors (Lipinski definition) is 8. The highest BCUT2D eigenvalue weighted by Gasteiger charge is 2.26. The van der Waals surface area contributed by atoms with E-state index in [2.05, 4.69) is 20.4 Å². The van der Waals surface area contributed by atoms with Gasteiger partial charge in [0.1, 0.15) is 23.2 Å². The molecule has 15 heteroatoms. The zero-order valence-corrected chi connectivity index (χ0v) is 25.1. The molecule has 2 N–H and O–H groups in total. The highest BCUT2D eigenvalue weighted by atomic mass is 19.2. The first kappa shape index (κ1) is 33.4. The number of anilines is 1. The topological polar surface area (TPSA) is 154 Å². The number of carbonyl (C=O) groups excluding carboxylic acids is 4. The minimum absolute atomic E-state index is 0.0414. The smallest absolute Gasteiger partial charge is 0.420 e. The Morgan fingerprint density at radius 3 is 2.45 bits per heavy atom. The molecule has 3 amide bonds. The molecule has 13 nitrogen and oxygen atoms in total. The molecule has 0 aliphatic carbocycles. The lowest BCUT2D eigenvalue weighted by Crippen LogP contribution is -2.44. The molecule has 2 aromatic heterocycles. The van der Waals surface area contributed by atoms with E-state index in [-0.39, 0.29) is 47.8 Å². The van der Waals surface area contributed by atoms with Gasteiger partial charge in [0.05, 0.1) is 24.7 Å². The van der Waals surface area contributed by atoms with E-state index in [1.165, 1.54) is 29.3 Å². The third-order valence-electron chi connectivity index (χ3n) is 6.05. The van der Waals surface area contributed by atoms with Crippen LogP contribution in [0.3, 0.4) is 0 Å². The van der Waals surface area contributed by atoms with Gasteiger partial charge in [-0.15, -0.1) is 0 Å². The number of fused-ring (bicyclic) bond motifs is 1. The van der Waals surface area contributed by atoms with Gasteiger partial charge in [-0.25, -0.2) is 27.9 Å². The molecule has 0 spiro atoms. The normalized spacial score (nSPS) is 12.2. The van der Waals surface area contributed by atoms with Crippen LogP contribution < -0.4 is 16.2 Å². The third-order valence-corrected chi connectivity index (χ3v) is 6.05. The van der Waals surface area contributed by atoms with E-state index in [1.807, 2.05) is 0 Å². The Balaban J connectivity index is 1.90. The average Bonchev–Trinajstić information content (AvgIpc) is 3.27. The molecule has 0 bridgehead atoms. The van der Waals surface area contributed by atoms with Gasteiger partial charge in [-0.1, -0.05) is 6.08 Å². The summed E-state index contributed by atoms with van der Waals surface area (Å²) >= 11 is 0. The largest absolute Gasteiger partial charge is 0.453 e. The molecule has 3 rings (SSSR count). The van der Waals surface area contributed by atoms with Gasteiger partial charge < -0.3 is 29.6 Å².